The Hall–Kier alpha value is -1.33. The van der Waals surface area contributed by atoms with Crippen molar-refractivity contribution in [3.8, 4) is 0 Å². The first-order valence-corrected chi connectivity index (χ1v) is 6.88. The molecule has 104 valence electrons. The minimum atomic E-state index is -0.433. The molecule has 19 heavy (non-hydrogen) atoms. The highest BCUT2D eigenvalue weighted by molar-refractivity contribution is 5.89. The summed E-state index contributed by atoms with van der Waals surface area (Å²) < 4.78 is 16.6. The zero-order chi connectivity index (χ0) is 13.3. The van der Waals surface area contributed by atoms with E-state index in [0.717, 1.165) is 31.2 Å². The summed E-state index contributed by atoms with van der Waals surface area (Å²) in [5.41, 5.74) is 2.83. The summed E-state index contributed by atoms with van der Waals surface area (Å²) in [5, 5.41) is 0. The number of rotatable bonds is 2. The van der Waals surface area contributed by atoms with Crippen LogP contribution in [0.5, 0.6) is 0 Å². The third kappa shape index (κ3) is 2.28. The molecule has 0 radical (unpaired) electrons. The van der Waals surface area contributed by atoms with E-state index in [1.807, 2.05) is 13.1 Å². The van der Waals surface area contributed by atoms with Crippen LogP contribution in [0, 0.1) is 0 Å². The van der Waals surface area contributed by atoms with Crippen molar-refractivity contribution in [2.45, 2.75) is 38.4 Å². The van der Waals surface area contributed by atoms with Crippen LogP contribution in [-0.4, -0.2) is 36.6 Å². The van der Waals surface area contributed by atoms with E-state index in [-0.39, 0.29) is 5.97 Å². The second-order valence-electron chi connectivity index (χ2n) is 5.00. The van der Waals surface area contributed by atoms with E-state index >= 15 is 0 Å². The number of nitrogens with one attached hydrogen (secondary N) is 1. The summed E-state index contributed by atoms with van der Waals surface area (Å²) in [6, 6.07) is 0. The first-order valence-electron chi connectivity index (χ1n) is 6.88. The Morgan fingerprint density at radius 3 is 2.84 bits per heavy atom. The Morgan fingerprint density at radius 1 is 1.37 bits per heavy atom. The van der Waals surface area contributed by atoms with Gasteiger partial charge in [-0.15, -0.1) is 0 Å². The molecule has 5 heteroatoms. The van der Waals surface area contributed by atoms with Gasteiger partial charge in [0.05, 0.1) is 19.8 Å². The second kappa shape index (κ2) is 4.98. The fraction of sp³-hybridized carbons (Fsp3) is 0.643. The van der Waals surface area contributed by atoms with Gasteiger partial charge in [-0.05, 0) is 30.9 Å². The van der Waals surface area contributed by atoms with Crippen molar-refractivity contribution in [1.82, 2.24) is 4.98 Å². The number of carbonyl (C=O) groups is 1. The number of fused-ring (bicyclic) bond motifs is 1. The molecule has 0 amide bonds. The van der Waals surface area contributed by atoms with Crippen LogP contribution in [0.15, 0.2) is 6.20 Å². The van der Waals surface area contributed by atoms with E-state index in [1.165, 1.54) is 5.56 Å². The molecular weight excluding hydrogens is 246 g/mol. The first-order chi connectivity index (χ1) is 9.24. The topological polar surface area (TPSA) is 60.6 Å². The fourth-order valence-corrected chi connectivity index (χ4v) is 2.94. The predicted octanol–water partition coefficient (Wildman–Crippen LogP) is 1.81. The number of aromatic nitrogens is 1. The van der Waals surface area contributed by atoms with Gasteiger partial charge in [-0.3, -0.25) is 0 Å². The Morgan fingerprint density at radius 2 is 2.11 bits per heavy atom. The molecule has 1 spiro atoms. The molecule has 2 heterocycles. The minimum absolute atomic E-state index is 0.270. The van der Waals surface area contributed by atoms with Crippen molar-refractivity contribution in [3.05, 3.63) is 23.0 Å². The average Bonchev–Trinajstić information content (AvgIpc) is 2.97. The molecule has 5 nitrogen and oxygen atoms in total. The maximum atomic E-state index is 11.9. The highest BCUT2D eigenvalue weighted by atomic mass is 16.7. The molecule has 1 aliphatic carbocycles. The number of aromatic amines is 1. The molecule has 2 aliphatic rings. The maximum Gasteiger partial charge on any atom is 0.355 e. The van der Waals surface area contributed by atoms with Gasteiger partial charge in [-0.25, -0.2) is 4.79 Å². The average molecular weight is 265 g/mol. The summed E-state index contributed by atoms with van der Waals surface area (Å²) in [6.07, 6.45) is 5.21. The van der Waals surface area contributed by atoms with Crippen molar-refractivity contribution >= 4 is 5.97 Å². The number of aryl methyl sites for hydroxylation is 1. The van der Waals surface area contributed by atoms with Gasteiger partial charge in [0.25, 0.3) is 0 Å². The van der Waals surface area contributed by atoms with Crippen molar-refractivity contribution < 1.29 is 19.0 Å². The van der Waals surface area contributed by atoms with Crippen LogP contribution in [0.1, 0.15) is 41.4 Å². The van der Waals surface area contributed by atoms with Gasteiger partial charge in [0.2, 0.25) is 0 Å². The lowest BCUT2D eigenvalue weighted by atomic mass is 10.1. The summed E-state index contributed by atoms with van der Waals surface area (Å²) in [5.74, 6) is -0.703. The van der Waals surface area contributed by atoms with Crippen molar-refractivity contribution in [1.29, 1.82) is 0 Å². The second-order valence-corrected chi connectivity index (χ2v) is 5.00. The lowest BCUT2D eigenvalue weighted by molar-refractivity contribution is -0.164. The van der Waals surface area contributed by atoms with Gasteiger partial charge < -0.3 is 19.2 Å². The molecule has 0 atom stereocenters. The molecule has 1 aromatic heterocycles. The summed E-state index contributed by atoms with van der Waals surface area (Å²) in [4.78, 5) is 14.9. The molecule has 0 bridgehead atoms. The van der Waals surface area contributed by atoms with E-state index in [1.54, 1.807) is 0 Å². The van der Waals surface area contributed by atoms with E-state index in [2.05, 4.69) is 4.98 Å². The molecule has 1 N–H and O–H groups in total. The van der Waals surface area contributed by atoms with Crippen molar-refractivity contribution in [2.24, 2.45) is 0 Å². The molecule has 1 fully saturated rings. The number of esters is 1. The lowest BCUT2D eigenvalue weighted by Crippen LogP contribution is -2.30. The van der Waals surface area contributed by atoms with Gasteiger partial charge in [0.1, 0.15) is 5.69 Å². The fourth-order valence-electron chi connectivity index (χ4n) is 2.94. The van der Waals surface area contributed by atoms with E-state index in [9.17, 15) is 4.79 Å². The van der Waals surface area contributed by atoms with Crippen LogP contribution < -0.4 is 0 Å². The van der Waals surface area contributed by atoms with Crippen LogP contribution in [-0.2, 0) is 27.1 Å². The van der Waals surface area contributed by atoms with E-state index < -0.39 is 5.79 Å². The van der Waals surface area contributed by atoms with Gasteiger partial charge in [0.15, 0.2) is 5.79 Å². The molecule has 0 saturated carbocycles. The van der Waals surface area contributed by atoms with Crippen LogP contribution in [0.4, 0.5) is 0 Å². The highest BCUT2D eigenvalue weighted by Crippen LogP contribution is 2.35. The van der Waals surface area contributed by atoms with Crippen LogP contribution >= 0.6 is 0 Å². The zero-order valence-corrected chi connectivity index (χ0v) is 11.2. The molecule has 3 rings (SSSR count). The number of carbonyl (C=O) groups excluding carboxylic acids is 1. The monoisotopic (exact) mass is 265 g/mol. The molecular formula is C14H19NO4. The molecule has 0 aromatic carbocycles. The quantitative estimate of drug-likeness (QED) is 0.828. The third-order valence-electron chi connectivity index (χ3n) is 3.90. The maximum absolute atomic E-state index is 11.9. The largest absolute Gasteiger partial charge is 0.461 e. The smallest absolute Gasteiger partial charge is 0.355 e. The Balaban J connectivity index is 1.81. The van der Waals surface area contributed by atoms with E-state index in [4.69, 9.17) is 14.2 Å². The first kappa shape index (κ1) is 12.7. The normalized spacial score (nSPS) is 21.1. The highest BCUT2D eigenvalue weighted by Gasteiger charge is 2.38. The minimum Gasteiger partial charge on any atom is -0.461 e. The SMILES string of the molecule is CCOC(=O)c1[nH]cc2c1CCC1(CC2)OCCO1. The summed E-state index contributed by atoms with van der Waals surface area (Å²) in [7, 11) is 0. The van der Waals surface area contributed by atoms with Crippen molar-refractivity contribution in [3.63, 3.8) is 0 Å². The van der Waals surface area contributed by atoms with Gasteiger partial charge in [-0.2, -0.15) is 0 Å². The number of hydrogen-bond donors (Lipinski definition) is 1. The third-order valence-corrected chi connectivity index (χ3v) is 3.90. The van der Waals surface area contributed by atoms with Gasteiger partial charge in [0, 0.05) is 19.0 Å². The van der Waals surface area contributed by atoms with Crippen LogP contribution in [0.2, 0.25) is 0 Å². The standard InChI is InChI=1S/C14H19NO4/c1-2-17-13(16)12-11-4-6-14(18-7-8-19-14)5-3-10(11)9-15-12/h9,15H,2-8H2,1H3. The van der Waals surface area contributed by atoms with E-state index in [0.29, 0.717) is 25.5 Å². The molecule has 1 aromatic rings. The number of H-pyrrole nitrogens is 1. The molecule has 0 unspecified atom stereocenters. The summed E-state index contributed by atoms with van der Waals surface area (Å²) >= 11 is 0. The number of hydrogen-bond acceptors (Lipinski definition) is 4. The van der Waals surface area contributed by atoms with Crippen molar-refractivity contribution in [2.75, 3.05) is 19.8 Å². The van der Waals surface area contributed by atoms with Crippen LogP contribution in [0.3, 0.4) is 0 Å². The Kier molecular flexibility index (Phi) is 3.33. The van der Waals surface area contributed by atoms with Crippen LogP contribution in [0.25, 0.3) is 0 Å². The molecule has 1 saturated heterocycles. The predicted molar refractivity (Wildman–Crippen MR) is 68.0 cm³/mol. The Bertz CT molecular complexity index is 474. The molecule has 1 aliphatic heterocycles. The summed E-state index contributed by atoms with van der Waals surface area (Å²) in [6.45, 7) is 3.54. The lowest BCUT2D eigenvalue weighted by Gasteiger charge is -2.25. The zero-order valence-electron chi connectivity index (χ0n) is 11.2. The number of ether oxygens (including phenoxy) is 3. The Labute approximate surface area is 112 Å². The van der Waals surface area contributed by atoms with Gasteiger partial charge in [-0.1, -0.05) is 0 Å². The van der Waals surface area contributed by atoms with Gasteiger partial charge >= 0.3 is 5.97 Å².